The molecule has 174 valence electrons. The highest BCUT2D eigenvalue weighted by Gasteiger charge is 2.27. The number of halogens is 2. The molecule has 2 amide bonds. The summed E-state index contributed by atoms with van der Waals surface area (Å²) >= 11 is 7.03. The van der Waals surface area contributed by atoms with Gasteiger partial charge in [0.25, 0.3) is 5.91 Å². The number of nitrogens with one attached hydrogen (secondary N) is 1. The molecule has 1 N–H and O–H groups in total. The van der Waals surface area contributed by atoms with Crippen LogP contribution in [-0.2, 0) is 16.1 Å². The van der Waals surface area contributed by atoms with Crippen molar-refractivity contribution in [1.82, 2.24) is 10.2 Å². The van der Waals surface area contributed by atoms with Gasteiger partial charge in [0, 0.05) is 17.1 Å². The van der Waals surface area contributed by atoms with E-state index in [1.807, 2.05) is 74.5 Å². The molecule has 0 saturated heterocycles. The Bertz CT molecular complexity index is 1120. The molecule has 2 atom stereocenters. The Kier molecular flexibility index (Phi) is 8.92. The van der Waals surface area contributed by atoms with E-state index in [9.17, 15) is 9.59 Å². The number of carbonyl (C=O) groups is 2. The van der Waals surface area contributed by atoms with Gasteiger partial charge >= 0.3 is 0 Å². The van der Waals surface area contributed by atoms with Crippen LogP contribution in [0.1, 0.15) is 32.8 Å². The molecule has 0 bridgehead atoms. The minimum Gasteiger partial charge on any atom is -0.483 e. The van der Waals surface area contributed by atoms with E-state index in [1.165, 1.54) is 0 Å². The molecule has 0 aliphatic heterocycles. The second-order valence-corrected chi connectivity index (χ2v) is 9.74. The summed E-state index contributed by atoms with van der Waals surface area (Å²) < 4.78 is 7.66. The minimum absolute atomic E-state index is 0.0365. The summed E-state index contributed by atoms with van der Waals surface area (Å²) in [5.41, 5.74) is 0.932. The lowest BCUT2D eigenvalue weighted by Gasteiger charge is -2.29. The van der Waals surface area contributed by atoms with Crippen LogP contribution < -0.4 is 10.1 Å². The molecule has 33 heavy (non-hydrogen) atoms. The van der Waals surface area contributed by atoms with Crippen LogP contribution in [0.15, 0.2) is 69.6 Å². The van der Waals surface area contributed by atoms with Crippen molar-refractivity contribution in [1.29, 1.82) is 0 Å². The number of fused-ring (bicyclic) bond motifs is 1. The maximum absolute atomic E-state index is 13.3. The van der Waals surface area contributed by atoms with Gasteiger partial charge in [-0.2, -0.15) is 0 Å². The van der Waals surface area contributed by atoms with Crippen molar-refractivity contribution < 1.29 is 14.3 Å². The standard InChI is InChI=1S/C26H28Br2N2O3/c1-4-17(2)29-26(32)18(3)30(15-19-9-12-21(27)13-10-19)24(31)16-33-23-14-11-20-7-5-6-8-22(20)25(23)28/h5-14,17-18H,4,15-16H2,1-3H3,(H,29,32)/t17-,18+/m0/s1. The molecule has 0 saturated carbocycles. The monoisotopic (exact) mass is 574 g/mol. The summed E-state index contributed by atoms with van der Waals surface area (Å²) in [6.45, 7) is 5.85. The van der Waals surface area contributed by atoms with Gasteiger partial charge in [-0.1, -0.05) is 65.3 Å². The van der Waals surface area contributed by atoms with E-state index in [4.69, 9.17) is 4.74 Å². The minimum atomic E-state index is -0.640. The van der Waals surface area contributed by atoms with Crippen LogP contribution >= 0.6 is 31.9 Å². The second-order valence-electron chi connectivity index (χ2n) is 8.03. The Labute approximate surface area is 211 Å². The SMILES string of the molecule is CC[C@H](C)NC(=O)[C@@H](C)N(Cc1ccc(Br)cc1)C(=O)COc1ccc2ccccc2c1Br. The lowest BCUT2D eigenvalue weighted by Crippen LogP contribution is -2.50. The average Bonchev–Trinajstić information content (AvgIpc) is 2.82. The third-order valence-corrected chi connectivity index (χ3v) is 6.96. The van der Waals surface area contributed by atoms with E-state index in [2.05, 4.69) is 37.2 Å². The van der Waals surface area contributed by atoms with E-state index >= 15 is 0 Å². The first-order valence-electron chi connectivity index (χ1n) is 10.9. The van der Waals surface area contributed by atoms with Crippen LogP contribution in [0.25, 0.3) is 10.8 Å². The van der Waals surface area contributed by atoms with E-state index in [0.717, 1.165) is 31.7 Å². The maximum Gasteiger partial charge on any atom is 0.261 e. The fraction of sp³-hybridized carbons (Fsp3) is 0.308. The van der Waals surface area contributed by atoms with Crippen molar-refractivity contribution in [3.8, 4) is 5.75 Å². The molecule has 0 unspecified atom stereocenters. The first-order valence-corrected chi connectivity index (χ1v) is 12.5. The van der Waals surface area contributed by atoms with Crippen molar-refractivity contribution in [3.05, 3.63) is 75.2 Å². The Hall–Kier alpha value is -2.38. The molecule has 0 aliphatic carbocycles. The fourth-order valence-electron chi connectivity index (χ4n) is 3.38. The highest BCUT2D eigenvalue weighted by Crippen LogP contribution is 2.33. The number of amides is 2. The normalized spacial score (nSPS) is 12.8. The molecule has 7 heteroatoms. The summed E-state index contributed by atoms with van der Waals surface area (Å²) in [6.07, 6.45) is 0.818. The average molecular weight is 576 g/mol. The molecule has 0 fully saturated rings. The number of hydrogen-bond donors (Lipinski definition) is 1. The molecule has 3 aromatic rings. The predicted octanol–water partition coefficient (Wildman–Crippen LogP) is 6.08. The molecule has 0 aromatic heterocycles. The van der Waals surface area contributed by atoms with Crippen molar-refractivity contribution >= 4 is 54.4 Å². The highest BCUT2D eigenvalue weighted by atomic mass is 79.9. The van der Waals surface area contributed by atoms with Crippen molar-refractivity contribution in [2.45, 2.75) is 45.8 Å². The van der Waals surface area contributed by atoms with E-state index in [-0.39, 0.29) is 24.5 Å². The molecule has 0 radical (unpaired) electrons. The van der Waals surface area contributed by atoms with E-state index in [1.54, 1.807) is 11.8 Å². The van der Waals surface area contributed by atoms with Crippen LogP contribution in [-0.4, -0.2) is 35.4 Å². The third kappa shape index (κ3) is 6.58. The number of hydrogen-bond acceptors (Lipinski definition) is 3. The van der Waals surface area contributed by atoms with Crippen LogP contribution in [0.5, 0.6) is 5.75 Å². The van der Waals surface area contributed by atoms with Crippen LogP contribution in [0.3, 0.4) is 0 Å². The highest BCUT2D eigenvalue weighted by molar-refractivity contribution is 9.11. The van der Waals surface area contributed by atoms with Gasteiger partial charge < -0.3 is 15.0 Å². The second kappa shape index (κ2) is 11.7. The number of rotatable bonds is 9. The summed E-state index contributed by atoms with van der Waals surface area (Å²) in [6, 6.07) is 18.9. The zero-order valence-electron chi connectivity index (χ0n) is 19.0. The van der Waals surface area contributed by atoms with Crippen molar-refractivity contribution in [2.75, 3.05) is 6.61 Å². The van der Waals surface area contributed by atoms with Gasteiger partial charge in [0.15, 0.2) is 6.61 Å². The van der Waals surface area contributed by atoms with Gasteiger partial charge in [0.2, 0.25) is 5.91 Å². The van der Waals surface area contributed by atoms with Gasteiger partial charge in [-0.25, -0.2) is 0 Å². The molecular weight excluding hydrogens is 548 g/mol. The van der Waals surface area contributed by atoms with Crippen molar-refractivity contribution in [2.24, 2.45) is 0 Å². The zero-order valence-corrected chi connectivity index (χ0v) is 22.1. The summed E-state index contributed by atoms with van der Waals surface area (Å²) in [7, 11) is 0. The number of benzene rings is 3. The molecule has 5 nitrogen and oxygen atoms in total. The quantitative estimate of drug-likeness (QED) is 0.336. The van der Waals surface area contributed by atoms with E-state index < -0.39 is 6.04 Å². The Morgan fingerprint density at radius 2 is 1.70 bits per heavy atom. The summed E-state index contributed by atoms with van der Waals surface area (Å²) in [4.78, 5) is 27.6. The first-order chi connectivity index (χ1) is 15.8. The van der Waals surface area contributed by atoms with Gasteiger partial charge in [-0.05, 0) is 70.7 Å². The van der Waals surface area contributed by atoms with Crippen LogP contribution in [0.2, 0.25) is 0 Å². The van der Waals surface area contributed by atoms with Gasteiger partial charge in [0.05, 0.1) is 4.47 Å². The van der Waals surface area contributed by atoms with Crippen LogP contribution in [0, 0.1) is 0 Å². The van der Waals surface area contributed by atoms with Crippen LogP contribution in [0.4, 0.5) is 0 Å². The number of carbonyl (C=O) groups excluding carboxylic acids is 2. The molecule has 3 rings (SSSR count). The maximum atomic E-state index is 13.3. The largest absolute Gasteiger partial charge is 0.483 e. The molecule has 3 aromatic carbocycles. The van der Waals surface area contributed by atoms with Gasteiger partial charge in [-0.15, -0.1) is 0 Å². The molecule has 0 aliphatic rings. The number of nitrogens with zero attached hydrogens (tertiary/aromatic N) is 1. The first kappa shape index (κ1) is 25.2. The molecule has 0 spiro atoms. The Balaban J connectivity index is 1.78. The fourth-order valence-corrected chi connectivity index (χ4v) is 4.25. The lowest BCUT2D eigenvalue weighted by atomic mass is 10.1. The summed E-state index contributed by atoms with van der Waals surface area (Å²) in [5.74, 6) is 0.147. The lowest BCUT2D eigenvalue weighted by molar-refractivity contribution is -0.142. The predicted molar refractivity (Wildman–Crippen MR) is 139 cm³/mol. The zero-order chi connectivity index (χ0) is 24.0. The molecular formula is C26H28Br2N2O3. The van der Waals surface area contributed by atoms with Gasteiger partial charge in [0.1, 0.15) is 11.8 Å². The van der Waals surface area contributed by atoms with Crippen molar-refractivity contribution in [3.63, 3.8) is 0 Å². The number of ether oxygens (including phenoxy) is 1. The third-order valence-electron chi connectivity index (χ3n) is 5.61. The molecule has 0 heterocycles. The van der Waals surface area contributed by atoms with Gasteiger partial charge in [-0.3, -0.25) is 9.59 Å². The van der Waals surface area contributed by atoms with E-state index in [0.29, 0.717) is 12.3 Å². The summed E-state index contributed by atoms with van der Waals surface area (Å²) in [5, 5.41) is 5.06. The smallest absolute Gasteiger partial charge is 0.261 e. The Morgan fingerprint density at radius 1 is 1.00 bits per heavy atom. The topological polar surface area (TPSA) is 58.6 Å². The Morgan fingerprint density at radius 3 is 2.39 bits per heavy atom.